The van der Waals surface area contributed by atoms with Gasteiger partial charge in [0.15, 0.2) is 0 Å². The van der Waals surface area contributed by atoms with Gasteiger partial charge < -0.3 is 0 Å². The van der Waals surface area contributed by atoms with Crippen molar-refractivity contribution in [3.05, 3.63) is 207 Å². The minimum atomic E-state index is -0.196. The van der Waals surface area contributed by atoms with Crippen molar-refractivity contribution in [1.29, 1.82) is 0 Å². The summed E-state index contributed by atoms with van der Waals surface area (Å²) in [7, 11) is 0. The molecule has 56 heavy (non-hydrogen) atoms. The molecule has 0 unspecified atom stereocenters. The minimum Gasteiger partial charge on any atom is -0.0566 e. The van der Waals surface area contributed by atoms with E-state index in [1.54, 1.807) is 0 Å². The molecule has 0 radical (unpaired) electrons. The second-order valence-electron chi connectivity index (χ2n) is 13.4. The molecule has 2 heterocycles. The van der Waals surface area contributed by atoms with E-state index in [1.807, 2.05) is 48.5 Å². The van der Waals surface area contributed by atoms with Gasteiger partial charge in [-0.2, -0.15) is 36.4 Å². The van der Waals surface area contributed by atoms with Crippen molar-refractivity contribution in [1.82, 2.24) is 15.0 Å². The van der Waals surface area contributed by atoms with Gasteiger partial charge in [-0.25, -0.2) is 11.1 Å². The summed E-state index contributed by atoms with van der Waals surface area (Å²) in [5.74, 6) is 1.93. The number of aromatic nitrogens is 3. The first-order chi connectivity index (χ1) is 27.2. The number of rotatable bonds is 7. The van der Waals surface area contributed by atoms with Gasteiger partial charge in [0.25, 0.3) is 0 Å². The van der Waals surface area contributed by atoms with Crippen molar-refractivity contribution in [3.63, 3.8) is 0 Å². The Bertz CT molecular complexity index is 2840. The van der Waals surface area contributed by atoms with Crippen LogP contribution in [0.4, 0.5) is 0 Å². The van der Waals surface area contributed by atoms with E-state index in [-0.39, 0.29) is 52.3 Å². The van der Waals surface area contributed by atoms with Crippen LogP contribution in [0.3, 0.4) is 0 Å². The number of fused-ring (bicyclic) bond motifs is 3. The molecule has 0 atom stereocenters. The predicted molar refractivity (Wildman–Crippen MR) is 218 cm³/mol. The molecule has 0 amide bonds. The first-order valence-electron chi connectivity index (χ1n) is 18.2. The van der Waals surface area contributed by atoms with Crippen molar-refractivity contribution in [2.45, 2.75) is 0 Å². The molecular formula is C51H31IN3U-. The molecule has 0 spiro atoms. The maximum atomic E-state index is 5.11. The standard InChI is InChI=1S/C51H31IN3.U/c1-3-14-35(15-4-1)42-22-7-8-23-43(42)39-19-11-18-38(32-39)34-28-30-37(31-29-34)50-53-49(36-16-5-2-6-17-36)54-51(55-50)41-21-12-20-40(33-41)44-25-13-27-47-48(44)45-24-9-10-26-46(45)52-47;/h1-14,16-21,23-33H;/q-3;+2. The average Bonchev–Trinajstić information content (AvgIpc) is 3.66. The number of hydrogen-bond donors (Lipinski definition) is 0. The Morgan fingerprint density at radius 1 is 0.357 bits per heavy atom. The first-order valence-corrected chi connectivity index (χ1v) is 20.4. The summed E-state index contributed by atoms with van der Waals surface area (Å²) in [6.45, 7) is 0. The van der Waals surface area contributed by atoms with Gasteiger partial charge in [0.2, 0.25) is 0 Å². The fraction of sp³-hybridized carbons (Fsp3) is 0. The molecule has 9 aromatic rings. The smallest absolute Gasteiger partial charge is 0.0566 e. The molecular weight excluding hydrogens is 1020 g/mol. The van der Waals surface area contributed by atoms with Crippen LogP contribution in [0.1, 0.15) is 0 Å². The summed E-state index contributed by atoms with van der Waals surface area (Å²) in [6, 6.07) is 72.6. The van der Waals surface area contributed by atoms with Crippen molar-refractivity contribution >= 4 is 0 Å². The molecule has 8 aromatic carbocycles. The summed E-state index contributed by atoms with van der Waals surface area (Å²) in [4.78, 5) is 15.2. The van der Waals surface area contributed by atoms with Crippen molar-refractivity contribution in [3.8, 4) is 89.8 Å². The van der Waals surface area contributed by atoms with Gasteiger partial charge in [0.1, 0.15) is 0 Å². The molecule has 0 saturated carbocycles. The second-order valence-corrected chi connectivity index (χ2v) is 16.2. The van der Waals surface area contributed by atoms with Crippen LogP contribution in [0.2, 0.25) is 0 Å². The molecule has 0 fully saturated rings. The van der Waals surface area contributed by atoms with E-state index < -0.39 is 0 Å². The zero-order valence-corrected chi connectivity index (χ0v) is 36.4. The Kier molecular flexibility index (Phi) is 10.3. The van der Waals surface area contributed by atoms with Crippen molar-refractivity contribution < 1.29 is 52.3 Å². The van der Waals surface area contributed by atoms with Gasteiger partial charge in [-0.3, -0.25) is 0 Å². The van der Waals surface area contributed by atoms with E-state index in [2.05, 4.69) is 152 Å². The van der Waals surface area contributed by atoms with Crippen LogP contribution < -0.4 is 21.2 Å². The molecule has 0 N–H and O–H groups in total. The summed E-state index contributed by atoms with van der Waals surface area (Å²) in [5, 5.41) is 0. The van der Waals surface area contributed by atoms with E-state index in [0.29, 0.717) is 17.5 Å². The summed E-state index contributed by atoms with van der Waals surface area (Å²) >= 11 is -0.196. The van der Waals surface area contributed by atoms with Crippen LogP contribution in [0, 0.1) is 50.4 Å². The first kappa shape index (κ1) is 36.2. The molecule has 1 aromatic heterocycles. The summed E-state index contributed by atoms with van der Waals surface area (Å²) in [5.41, 5.74) is 14.6. The second kappa shape index (κ2) is 16.0. The molecule has 262 valence electrons. The fourth-order valence-corrected chi connectivity index (χ4v) is 10.3. The zero-order chi connectivity index (χ0) is 36.6. The Balaban J connectivity index is 0.00000410. The Labute approximate surface area is 361 Å². The minimum absolute atomic E-state index is 0. The Hall–Kier alpha value is -5.45. The molecule has 3 nitrogen and oxygen atoms in total. The van der Waals surface area contributed by atoms with E-state index in [0.717, 1.165) is 55.6 Å². The molecule has 0 saturated heterocycles. The summed E-state index contributed by atoms with van der Waals surface area (Å²) in [6.07, 6.45) is 0. The van der Waals surface area contributed by atoms with Crippen LogP contribution in [0.5, 0.6) is 0 Å². The fourth-order valence-electron chi connectivity index (χ4n) is 7.28. The van der Waals surface area contributed by atoms with Gasteiger partial charge in [0, 0.05) is 0 Å². The molecule has 1 aliphatic rings. The van der Waals surface area contributed by atoms with Crippen LogP contribution in [0.25, 0.3) is 89.8 Å². The quantitative estimate of drug-likeness (QED) is 0.118. The van der Waals surface area contributed by atoms with Gasteiger partial charge in [-0.15, -0.1) is 23.8 Å². The van der Waals surface area contributed by atoms with Crippen LogP contribution in [0.15, 0.2) is 188 Å². The van der Waals surface area contributed by atoms with E-state index >= 15 is 0 Å². The Morgan fingerprint density at radius 2 is 0.893 bits per heavy atom. The third kappa shape index (κ3) is 7.08. The van der Waals surface area contributed by atoms with Crippen LogP contribution >= 0.6 is 0 Å². The number of benzene rings is 8. The van der Waals surface area contributed by atoms with Gasteiger partial charge in [0.05, 0.1) is 0 Å². The topological polar surface area (TPSA) is 38.7 Å². The molecule has 0 aliphatic carbocycles. The van der Waals surface area contributed by atoms with E-state index in [9.17, 15) is 0 Å². The third-order valence-electron chi connectivity index (χ3n) is 9.94. The predicted octanol–water partition coefficient (Wildman–Crippen LogP) is 9.25. The van der Waals surface area contributed by atoms with Crippen LogP contribution in [-0.4, -0.2) is 15.0 Å². The average molecular weight is 1050 g/mol. The molecule has 5 heteroatoms. The molecule has 0 bridgehead atoms. The zero-order valence-electron chi connectivity index (χ0n) is 30.1. The maximum absolute atomic E-state index is 5.11. The SMILES string of the molecule is [U+2].[c-]1ccccc1-c1[c-]cccc1-c1cccc(-c2ccc(-c3nc(-c4ccccc4)nc(-c4cccc(-c5cccc6c5-c5ccccc5[I-]6)c4)n3)cc2)c1. The van der Waals surface area contributed by atoms with Crippen molar-refractivity contribution in [2.24, 2.45) is 0 Å². The van der Waals surface area contributed by atoms with Crippen LogP contribution in [-0.2, 0) is 0 Å². The van der Waals surface area contributed by atoms with Gasteiger partial charge in [-0.05, 0) is 11.1 Å². The van der Waals surface area contributed by atoms with E-state index in [4.69, 9.17) is 15.0 Å². The van der Waals surface area contributed by atoms with E-state index in [1.165, 1.54) is 23.8 Å². The monoisotopic (exact) mass is 1050 g/mol. The summed E-state index contributed by atoms with van der Waals surface area (Å²) < 4.78 is 2.96. The number of halogens is 1. The third-order valence-corrected chi connectivity index (χ3v) is 12.9. The molecule has 10 rings (SSSR count). The Morgan fingerprint density at radius 3 is 1.68 bits per heavy atom. The van der Waals surface area contributed by atoms with Crippen molar-refractivity contribution in [2.75, 3.05) is 0 Å². The number of nitrogens with zero attached hydrogens (tertiary/aromatic N) is 3. The number of hydrogen-bond acceptors (Lipinski definition) is 3. The normalized spacial score (nSPS) is 11.5. The van der Waals surface area contributed by atoms with Gasteiger partial charge >= 0.3 is 246 Å². The molecule has 1 aliphatic heterocycles. The van der Waals surface area contributed by atoms with Gasteiger partial charge in [-0.1, -0.05) is 35.9 Å².